The quantitative estimate of drug-likeness (QED) is 0.167. The highest BCUT2D eigenvalue weighted by molar-refractivity contribution is 5.78. The summed E-state index contributed by atoms with van der Waals surface area (Å²) in [4.78, 5) is 28.2. The van der Waals surface area contributed by atoms with Gasteiger partial charge in [0.15, 0.2) is 0 Å². The number of nitrogens with one attached hydrogen (secondary N) is 2. The van der Waals surface area contributed by atoms with Gasteiger partial charge in [0.25, 0.3) is 0 Å². The Kier molecular flexibility index (Phi) is 17.4. The number of hydrogen-bond donors (Lipinski definition) is 4. The smallest absolute Gasteiger partial charge is 0.222 e. The summed E-state index contributed by atoms with van der Waals surface area (Å²) in [5.41, 5.74) is 0.761. The van der Waals surface area contributed by atoms with Crippen molar-refractivity contribution in [2.24, 2.45) is 17.8 Å². The molecule has 0 aliphatic carbocycles. The number of nitrogens with zero attached hydrogens (tertiary/aromatic N) is 1. The van der Waals surface area contributed by atoms with Gasteiger partial charge in [-0.2, -0.15) is 0 Å². The predicted molar refractivity (Wildman–Crippen MR) is 168 cm³/mol. The first-order valence-corrected chi connectivity index (χ1v) is 15.6. The van der Waals surface area contributed by atoms with Crippen molar-refractivity contribution in [2.75, 3.05) is 21.3 Å². The molecule has 9 nitrogen and oxygen atoms in total. The van der Waals surface area contributed by atoms with Crippen LogP contribution in [0.2, 0.25) is 0 Å². The van der Waals surface area contributed by atoms with E-state index >= 15 is 0 Å². The predicted octanol–water partition coefficient (Wildman–Crippen LogP) is 4.28. The Labute approximate surface area is 254 Å². The van der Waals surface area contributed by atoms with Crippen LogP contribution in [0.1, 0.15) is 92.2 Å². The van der Waals surface area contributed by atoms with E-state index in [1.165, 1.54) is 0 Å². The van der Waals surface area contributed by atoms with Crippen LogP contribution in [0.15, 0.2) is 30.3 Å². The molecule has 0 spiro atoms. The Morgan fingerprint density at radius 2 is 1.57 bits per heavy atom. The molecule has 4 N–H and O–H groups in total. The standard InChI is InChI=1S/C33H59N3O6/c1-11-16-26(32(42-10)23(6)33(40)34-24(7)31(39)25-17-14-13-15-18-25)35-28(37)20-27(41-9)30(22(5)12-2)36(8)29(38)19-21(3)4/h13-15,17-18,21-24,26-27,30-34,39-40H,11-12,16,19-20H2,1-10H3,(H,35,37)/t22-,23+,24+,26-,27+,30-,31+,32+,33?/m0/s1. The van der Waals surface area contributed by atoms with Gasteiger partial charge < -0.3 is 29.9 Å². The van der Waals surface area contributed by atoms with Crippen LogP contribution in [-0.2, 0) is 19.1 Å². The summed E-state index contributed by atoms with van der Waals surface area (Å²) >= 11 is 0. The van der Waals surface area contributed by atoms with E-state index in [2.05, 4.69) is 24.5 Å². The molecule has 242 valence electrons. The number of rotatable bonds is 20. The zero-order chi connectivity index (χ0) is 32.0. The zero-order valence-electron chi connectivity index (χ0n) is 27.7. The lowest BCUT2D eigenvalue weighted by atomic mass is 9.89. The van der Waals surface area contributed by atoms with Crippen LogP contribution in [0.5, 0.6) is 0 Å². The maximum Gasteiger partial charge on any atom is 0.222 e. The second kappa shape index (κ2) is 19.3. The molecule has 1 aromatic rings. The Hall–Kier alpha value is -2.04. The van der Waals surface area contributed by atoms with Crippen LogP contribution >= 0.6 is 0 Å². The number of benzene rings is 1. The van der Waals surface area contributed by atoms with E-state index in [-0.39, 0.29) is 42.2 Å². The van der Waals surface area contributed by atoms with Crippen LogP contribution in [0, 0.1) is 17.8 Å². The molecule has 42 heavy (non-hydrogen) atoms. The molecule has 0 aromatic heterocycles. The molecule has 1 unspecified atom stereocenters. The van der Waals surface area contributed by atoms with E-state index in [1.807, 2.05) is 65.0 Å². The SMILES string of the molecule is CCC[C@H](NC(=O)C[C@@H](OC)[C@H]([C@@H](C)CC)N(C)C(=O)CC(C)C)[C@H](OC)[C@@H](C)C(O)N[C@H](C)[C@@H](O)c1ccccc1. The maximum atomic E-state index is 13.5. The summed E-state index contributed by atoms with van der Waals surface area (Å²) in [7, 11) is 4.97. The molecule has 2 amide bonds. The van der Waals surface area contributed by atoms with Crippen molar-refractivity contribution in [3.63, 3.8) is 0 Å². The fourth-order valence-electron chi connectivity index (χ4n) is 5.70. The summed E-state index contributed by atoms with van der Waals surface area (Å²) in [5.74, 6) is -0.176. The molecule has 0 aliphatic rings. The van der Waals surface area contributed by atoms with Gasteiger partial charge in [-0.15, -0.1) is 0 Å². The summed E-state index contributed by atoms with van der Waals surface area (Å²) in [6.07, 6.45) is 0.0926. The van der Waals surface area contributed by atoms with Crippen molar-refractivity contribution in [2.45, 2.75) is 123 Å². The van der Waals surface area contributed by atoms with Gasteiger partial charge in [0.05, 0.1) is 36.8 Å². The van der Waals surface area contributed by atoms with Crippen LogP contribution in [-0.4, -0.2) is 84.8 Å². The average molecular weight is 594 g/mol. The minimum absolute atomic E-state index is 0.0444. The van der Waals surface area contributed by atoms with Gasteiger partial charge in [0, 0.05) is 39.6 Å². The number of ether oxygens (including phenoxy) is 2. The number of carbonyl (C=O) groups is 2. The van der Waals surface area contributed by atoms with Crippen LogP contribution < -0.4 is 10.6 Å². The second-order valence-corrected chi connectivity index (χ2v) is 12.2. The van der Waals surface area contributed by atoms with E-state index in [4.69, 9.17) is 9.47 Å². The third-order valence-corrected chi connectivity index (χ3v) is 8.40. The van der Waals surface area contributed by atoms with Gasteiger partial charge >= 0.3 is 0 Å². The van der Waals surface area contributed by atoms with E-state index in [0.29, 0.717) is 12.8 Å². The Morgan fingerprint density at radius 1 is 0.952 bits per heavy atom. The van der Waals surface area contributed by atoms with Crippen molar-refractivity contribution >= 4 is 11.8 Å². The van der Waals surface area contributed by atoms with Crippen molar-refractivity contribution in [1.82, 2.24) is 15.5 Å². The van der Waals surface area contributed by atoms with Gasteiger partial charge in [-0.25, -0.2) is 0 Å². The number of likely N-dealkylation sites (N-methyl/N-ethyl adjacent to an activating group) is 1. The number of aliphatic hydroxyl groups excluding tert-OH is 2. The summed E-state index contributed by atoms with van der Waals surface area (Å²) in [5, 5.41) is 28.1. The lowest BCUT2D eigenvalue weighted by Gasteiger charge is -2.39. The summed E-state index contributed by atoms with van der Waals surface area (Å²) in [6.45, 7) is 13.9. The minimum atomic E-state index is -0.985. The Morgan fingerprint density at radius 3 is 2.07 bits per heavy atom. The van der Waals surface area contributed by atoms with Gasteiger partial charge in [0.2, 0.25) is 11.8 Å². The molecule has 0 saturated heterocycles. The van der Waals surface area contributed by atoms with Crippen LogP contribution in [0.4, 0.5) is 0 Å². The van der Waals surface area contributed by atoms with Crippen molar-refractivity contribution in [1.29, 1.82) is 0 Å². The minimum Gasteiger partial charge on any atom is -0.387 e. The molecule has 9 heteroatoms. The van der Waals surface area contributed by atoms with E-state index < -0.39 is 36.5 Å². The van der Waals surface area contributed by atoms with E-state index in [9.17, 15) is 19.8 Å². The number of amides is 2. The van der Waals surface area contributed by atoms with Gasteiger partial charge in [0.1, 0.15) is 6.23 Å². The molecule has 0 bridgehead atoms. The fraction of sp³-hybridized carbons (Fsp3) is 0.758. The molecule has 1 aromatic carbocycles. The topological polar surface area (TPSA) is 120 Å². The lowest BCUT2D eigenvalue weighted by Crippen LogP contribution is -2.55. The van der Waals surface area contributed by atoms with Crippen molar-refractivity contribution in [3.05, 3.63) is 35.9 Å². The molecule has 0 saturated carbocycles. The van der Waals surface area contributed by atoms with Crippen molar-refractivity contribution < 1.29 is 29.3 Å². The molecular formula is C33H59N3O6. The lowest BCUT2D eigenvalue weighted by molar-refractivity contribution is -0.140. The number of hydrogen-bond acceptors (Lipinski definition) is 7. The van der Waals surface area contributed by atoms with Crippen LogP contribution in [0.25, 0.3) is 0 Å². The Balaban J connectivity index is 3.01. The first kappa shape index (κ1) is 38.0. The first-order valence-electron chi connectivity index (χ1n) is 15.6. The van der Waals surface area contributed by atoms with Gasteiger partial charge in [-0.3, -0.25) is 14.9 Å². The number of aliphatic hydroxyl groups is 2. The second-order valence-electron chi connectivity index (χ2n) is 12.2. The molecule has 0 aliphatic heterocycles. The van der Waals surface area contributed by atoms with Gasteiger partial charge in [-0.05, 0) is 30.7 Å². The molecule has 0 heterocycles. The molecule has 0 fully saturated rings. The highest BCUT2D eigenvalue weighted by atomic mass is 16.5. The molecule has 1 rings (SSSR count). The number of methoxy groups -OCH3 is 2. The van der Waals surface area contributed by atoms with Crippen molar-refractivity contribution in [3.8, 4) is 0 Å². The average Bonchev–Trinajstić information content (AvgIpc) is 2.96. The molecule has 0 radical (unpaired) electrons. The zero-order valence-corrected chi connectivity index (χ0v) is 27.7. The molecular weight excluding hydrogens is 534 g/mol. The summed E-state index contributed by atoms with van der Waals surface area (Å²) in [6, 6.07) is 8.29. The monoisotopic (exact) mass is 593 g/mol. The van der Waals surface area contributed by atoms with Gasteiger partial charge in [-0.1, -0.05) is 84.7 Å². The fourth-order valence-corrected chi connectivity index (χ4v) is 5.70. The third-order valence-electron chi connectivity index (χ3n) is 8.40. The molecule has 9 atom stereocenters. The largest absolute Gasteiger partial charge is 0.387 e. The number of carbonyl (C=O) groups excluding carboxylic acids is 2. The first-order chi connectivity index (χ1) is 19.8. The highest BCUT2D eigenvalue weighted by Gasteiger charge is 2.36. The van der Waals surface area contributed by atoms with Crippen LogP contribution in [0.3, 0.4) is 0 Å². The van der Waals surface area contributed by atoms with E-state index in [0.717, 1.165) is 18.4 Å². The highest BCUT2D eigenvalue weighted by Crippen LogP contribution is 2.24. The Bertz CT molecular complexity index is 901. The van der Waals surface area contributed by atoms with E-state index in [1.54, 1.807) is 26.2 Å². The summed E-state index contributed by atoms with van der Waals surface area (Å²) < 4.78 is 11.7. The third kappa shape index (κ3) is 11.6. The normalized spacial score (nSPS) is 18.3. The maximum absolute atomic E-state index is 13.5.